The molecular formula is C20H21ClN4O2S2. The van der Waals surface area contributed by atoms with Gasteiger partial charge in [-0.2, -0.15) is 0 Å². The van der Waals surface area contributed by atoms with E-state index in [1.165, 1.54) is 17.3 Å². The molecule has 9 heteroatoms. The van der Waals surface area contributed by atoms with Crippen molar-refractivity contribution in [1.82, 2.24) is 9.97 Å². The molecule has 1 atom stereocenters. The monoisotopic (exact) mass is 448 g/mol. The number of amides is 1. The normalized spacial score (nSPS) is 18.6. The molecular weight excluding hydrogens is 428 g/mol. The second-order valence-corrected chi connectivity index (χ2v) is 9.65. The van der Waals surface area contributed by atoms with Crippen molar-refractivity contribution >= 4 is 62.3 Å². The molecule has 0 aliphatic carbocycles. The molecule has 3 aromatic rings. The van der Waals surface area contributed by atoms with Gasteiger partial charge in [0.05, 0.1) is 23.3 Å². The van der Waals surface area contributed by atoms with Crippen molar-refractivity contribution in [2.24, 2.45) is 0 Å². The maximum Gasteiger partial charge on any atom is 0.234 e. The van der Waals surface area contributed by atoms with Gasteiger partial charge in [-0.1, -0.05) is 30.3 Å². The van der Waals surface area contributed by atoms with Crippen LogP contribution in [0.3, 0.4) is 0 Å². The number of benzene rings is 1. The first-order chi connectivity index (χ1) is 13.9. The summed E-state index contributed by atoms with van der Waals surface area (Å²) < 4.78 is 6.04. The third kappa shape index (κ3) is 4.35. The van der Waals surface area contributed by atoms with Crippen LogP contribution in [0.15, 0.2) is 29.4 Å². The lowest BCUT2D eigenvalue weighted by atomic mass is 9.90. The van der Waals surface area contributed by atoms with Crippen LogP contribution in [0.1, 0.15) is 30.7 Å². The van der Waals surface area contributed by atoms with Gasteiger partial charge in [-0.3, -0.25) is 4.79 Å². The fourth-order valence-electron chi connectivity index (χ4n) is 3.23. The largest absolute Gasteiger partial charge is 0.383 e. The smallest absolute Gasteiger partial charge is 0.234 e. The number of carbonyl (C=O) groups is 1. The van der Waals surface area contributed by atoms with E-state index in [4.69, 9.17) is 22.1 Å². The van der Waals surface area contributed by atoms with E-state index in [0.29, 0.717) is 28.3 Å². The number of aromatic nitrogens is 2. The number of carbonyl (C=O) groups excluding carboxylic acids is 1. The summed E-state index contributed by atoms with van der Waals surface area (Å²) in [6.45, 7) is 4.83. The Morgan fingerprint density at radius 1 is 1.38 bits per heavy atom. The Bertz CT molecular complexity index is 1070. The number of nitrogens with one attached hydrogen (secondary N) is 1. The van der Waals surface area contributed by atoms with Crippen molar-refractivity contribution in [3.63, 3.8) is 0 Å². The molecule has 0 bridgehead atoms. The lowest BCUT2D eigenvalue weighted by Crippen LogP contribution is -2.33. The van der Waals surface area contributed by atoms with E-state index < -0.39 is 0 Å². The van der Waals surface area contributed by atoms with Gasteiger partial charge in [0.2, 0.25) is 5.91 Å². The number of nitrogen functional groups attached to an aromatic ring is 1. The summed E-state index contributed by atoms with van der Waals surface area (Å²) in [5.74, 6) is 0.515. The highest BCUT2D eigenvalue weighted by molar-refractivity contribution is 7.99. The van der Waals surface area contributed by atoms with E-state index in [9.17, 15) is 4.79 Å². The molecule has 29 heavy (non-hydrogen) atoms. The molecule has 3 N–H and O–H groups in total. The van der Waals surface area contributed by atoms with E-state index >= 15 is 0 Å². The van der Waals surface area contributed by atoms with E-state index in [1.54, 1.807) is 35.6 Å². The number of thioether (sulfide) groups is 1. The van der Waals surface area contributed by atoms with Crippen molar-refractivity contribution in [3.8, 4) is 0 Å². The topological polar surface area (TPSA) is 90.1 Å². The van der Waals surface area contributed by atoms with Gasteiger partial charge in [-0.25, -0.2) is 9.97 Å². The number of fused-ring (bicyclic) bond motifs is 3. The fourth-order valence-corrected chi connectivity index (χ4v) is 5.18. The third-order valence-electron chi connectivity index (χ3n) is 5.05. The number of ether oxygens (including phenoxy) is 1. The lowest BCUT2D eigenvalue weighted by molar-refractivity contribution is -0.113. The van der Waals surface area contributed by atoms with Crippen molar-refractivity contribution < 1.29 is 9.53 Å². The zero-order chi connectivity index (χ0) is 20.6. The molecule has 1 amide bonds. The first-order valence-corrected chi connectivity index (χ1v) is 11.4. The van der Waals surface area contributed by atoms with Crippen molar-refractivity contribution in [1.29, 1.82) is 0 Å². The third-order valence-corrected chi connectivity index (χ3v) is 7.25. The number of thiophene rings is 1. The van der Waals surface area contributed by atoms with E-state index in [1.807, 2.05) is 0 Å². The Kier molecular flexibility index (Phi) is 5.70. The number of nitrogens with zero attached hydrogens (tertiary/aromatic N) is 2. The summed E-state index contributed by atoms with van der Waals surface area (Å²) in [4.78, 5) is 23.3. The Balaban J connectivity index is 1.49. The number of nitrogens with two attached hydrogens (primary N) is 1. The van der Waals surface area contributed by atoms with E-state index in [2.05, 4.69) is 29.1 Å². The summed E-state index contributed by atoms with van der Waals surface area (Å²) in [6, 6.07) is 6.98. The molecule has 3 heterocycles. The van der Waals surface area contributed by atoms with Gasteiger partial charge in [0, 0.05) is 22.0 Å². The number of anilines is 2. The first kappa shape index (κ1) is 20.4. The molecule has 0 saturated heterocycles. The minimum atomic E-state index is -0.180. The van der Waals surface area contributed by atoms with Crippen LogP contribution >= 0.6 is 34.7 Å². The molecule has 1 aromatic carbocycles. The van der Waals surface area contributed by atoms with Crippen molar-refractivity contribution in [2.75, 3.05) is 16.8 Å². The number of halogens is 1. The molecule has 6 nitrogen and oxygen atoms in total. The second-order valence-electron chi connectivity index (χ2n) is 7.19. The molecule has 0 radical (unpaired) electrons. The van der Waals surface area contributed by atoms with Crippen LogP contribution in [0.25, 0.3) is 10.2 Å². The van der Waals surface area contributed by atoms with Gasteiger partial charge >= 0.3 is 0 Å². The number of hydrogen-bond donors (Lipinski definition) is 2. The maximum atomic E-state index is 12.2. The predicted octanol–water partition coefficient (Wildman–Crippen LogP) is 4.90. The van der Waals surface area contributed by atoms with Crippen molar-refractivity contribution in [2.45, 2.75) is 44.1 Å². The van der Waals surface area contributed by atoms with Crippen LogP contribution < -0.4 is 11.1 Å². The standard InChI is InChI=1S/C20H21ClN4O2S2/c1-3-20(2)8-13-14(9-27-20)29-18-16(13)17(22)24-19(25-18)28-10-15(26)23-12-6-4-11(21)5-7-12/h4-7H,3,8-10H2,1-2H3,(H,23,26)(H2,22,24,25). The zero-order valence-electron chi connectivity index (χ0n) is 16.1. The minimum Gasteiger partial charge on any atom is -0.383 e. The van der Waals surface area contributed by atoms with Crippen LogP contribution in [0.4, 0.5) is 11.5 Å². The van der Waals surface area contributed by atoms with Gasteiger partial charge in [0.1, 0.15) is 10.6 Å². The molecule has 1 aliphatic heterocycles. The molecule has 1 unspecified atom stereocenters. The highest BCUT2D eigenvalue weighted by Gasteiger charge is 2.33. The molecule has 0 fully saturated rings. The maximum absolute atomic E-state index is 12.2. The summed E-state index contributed by atoms with van der Waals surface area (Å²) in [5, 5.41) is 4.88. The Morgan fingerprint density at radius 3 is 2.86 bits per heavy atom. The minimum absolute atomic E-state index is 0.142. The average molecular weight is 449 g/mol. The van der Waals surface area contributed by atoms with Gasteiger partial charge in [-0.05, 0) is 43.2 Å². The van der Waals surface area contributed by atoms with Gasteiger partial charge in [0.25, 0.3) is 0 Å². The van der Waals surface area contributed by atoms with Crippen molar-refractivity contribution in [3.05, 3.63) is 39.7 Å². The average Bonchev–Trinajstić information content (AvgIpc) is 3.06. The Labute approximate surface area is 182 Å². The molecule has 0 saturated carbocycles. The Morgan fingerprint density at radius 2 is 2.14 bits per heavy atom. The molecule has 4 rings (SSSR count). The van der Waals surface area contributed by atoms with Gasteiger partial charge in [0.15, 0.2) is 5.16 Å². The number of rotatable bonds is 5. The van der Waals surface area contributed by atoms with Crippen LogP contribution in [-0.2, 0) is 22.6 Å². The Hall–Kier alpha value is -1.87. The molecule has 0 spiro atoms. The van der Waals surface area contributed by atoms with Crippen LogP contribution in [-0.4, -0.2) is 27.2 Å². The van der Waals surface area contributed by atoms with Crippen LogP contribution in [0.5, 0.6) is 0 Å². The van der Waals surface area contributed by atoms with Gasteiger partial charge < -0.3 is 15.8 Å². The fraction of sp³-hybridized carbons (Fsp3) is 0.350. The second kappa shape index (κ2) is 8.10. The summed E-state index contributed by atoms with van der Waals surface area (Å²) in [6.07, 6.45) is 1.74. The van der Waals surface area contributed by atoms with Gasteiger partial charge in [-0.15, -0.1) is 11.3 Å². The van der Waals surface area contributed by atoms with Crippen LogP contribution in [0.2, 0.25) is 5.02 Å². The highest BCUT2D eigenvalue weighted by Crippen LogP contribution is 2.41. The predicted molar refractivity (Wildman–Crippen MR) is 120 cm³/mol. The van der Waals surface area contributed by atoms with E-state index in [-0.39, 0.29) is 17.3 Å². The lowest BCUT2D eigenvalue weighted by Gasteiger charge is -2.33. The SMILES string of the molecule is CCC1(C)Cc2c(sc3nc(SCC(=O)Nc4ccc(Cl)cc4)nc(N)c23)CO1. The van der Waals surface area contributed by atoms with E-state index in [0.717, 1.165) is 27.9 Å². The highest BCUT2D eigenvalue weighted by atomic mass is 35.5. The summed E-state index contributed by atoms with van der Waals surface area (Å²) in [7, 11) is 0. The molecule has 152 valence electrons. The summed E-state index contributed by atoms with van der Waals surface area (Å²) in [5.41, 5.74) is 8.01. The van der Waals surface area contributed by atoms with Crippen LogP contribution in [0, 0.1) is 0 Å². The quantitative estimate of drug-likeness (QED) is 0.426. The number of hydrogen-bond acceptors (Lipinski definition) is 7. The first-order valence-electron chi connectivity index (χ1n) is 9.27. The summed E-state index contributed by atoms with van der Waals surface area (Å²) >= 11 is 8.72. The zero-order valence-corrected chi connectivity index (χ0v) is 18.5. The molecule has 1 aliphatic rings. The molecule has 2 aromatic heterocycles.